The van der Waals surface area contributed by atoms with Gasteiger partial charge in [0.15, 0.2) is 6.29 Å². The molecule has 4 unspecified atom stereocenters. The molecule has 0 bridgehead atoms. The summed E-state index contributed by atoms with van der Waals surface area (Å²) in [6, 6.07) is 10.9. The molecule has 4 rings (SSSR count). The zero-order valence-electron chi connectivity index (χ0n) is 18.7. The van der Waals surface area contributed by atoms with Crippen LogP contribution in [0.15, 0.2) is 55.1 Å². The minimum atomic E-state index is -0.338. The van der Waals surface area contributed by atoms with E-state index in [0.29, 0.717) is 33.2 Å². The van der Waals surface area contributed by atoms with E-state index in [1.165, 1.54) is 0 Å². The molecule has 9 heteroatoms. The summed E-state index contributed by atoms with van der Waals surface area (Å²) in [5.41, 5.74) is 1.75. The van der Waals surface area contributed by atoms with Gasteiger partial charge in [-0.15, -0.1) is 0 Å². The molecule has 2 heterocycles. The highest BCUT2D eigenvalue weighted by Crippen LogP contribution is 2.33. The third kappa shape index (κ3) is 6.88. The first-order valence-electron chi connectivity index (χ1n) is 11.2. The van der Waals surface area contributed by atoms with Gasteiger partial charge in [0.1, 0.15) is 6.10 Å². The quantitative estimate of drug-likeness (QED) is 0.275. The second-order valence-corrected chi connectivity index (χ2v) is 10.00. The summed E-state index contributed by atoms with van der Waals surface area (Å²) in [6.07, 6.45) is 7.13. The fraction of sp³-hybridized carbons (Fsp3) is 0.400. The van der Waals surface area contributed by atoms with Crippen molar-refractivity contribution in [3.63, 3.8) is 0 Å². The van der Waals surface area contributed by atoms with Gasteiger partial charge >= 0.3 is 0 Å². The van der Waals surface area contributed by atoms with Crippen molar-refractivity contribution >= 4 is 46.4 Å². The van der Waals surface area contributed by atoms with Crippen molar-refractivity contribution in [1.29, 1.82) is 0 Å². The monoisotopic (exact) mass is 542 g/mol. The maximum absolute atomic E-state index is 6.49. The van der Waals surface area contributed by atoms with E-state index in [9.17, 15) is 0 Å². The van der Waals surface area contributed by atoms with Gasteiger partial charge in [-0.3, -0.25) is 0 Å². The van der Waals surface area contributed by atoms with Crippen LogP contribution in [0.3, 0.4) is 0 Å². The van der Waals surface area contributed by atoms with Crippen LogP contribution in [-0.2, 0) is 20.8 Å². The molecule has 0 spiro atoms. The molecular formula is C25H26Cl4N2O3. The molecule has 5 nitrogen and oxygen atoms in total. The van der Waals surface area contributed by atoms with E-state index in [4.69, 9.17) is 60.6 Å². The van der Waals surface area contributed by atoms with E-state index in [1.54, 1.807) is 24.7 Å². The molecule has 4 atom stereocenters. The van der Waals surface area contributed by atoms with Crippen LogP contribution in [0.4, 0.5) is 0 Å². The summed E-state index contributed by atoms with van der Waals surface area (Å²) in [6.45, 7) is 2.94. The SMILES string of the molecule is CC(OC1CCCC(COC(Cn2ccnc2)c2ccc(Cl)cc2Cl)O1)c1ccc(Cl)cc1Cl. The number of nitrogens with zero attached hydrogens (tertiary/aromatic N) is 2. The molecule has 1 saturated heterocycles. The number of aromatic nitrogens is 2. The van der Waals surface area contributed by atoms with E-state index in [-0.39, 0.29) is 24.6 Å². The molecule has 0 radical (unpaired) electrons. The predicted octanol–water partition coefficient (Wildman–Crippen LogP) is 7.93. The Morgan fingerprint density at radius 3 is 2.38 bits per heavy atom. The minimum absolute atomic E-state index is 0.0944. The Hall–Kier alpha value is -1.31. The third-order valence-electron chi connectivity index (χ3n) is 5.80. The maximum Gasteiger partial charge on any atom is 0.158 e. The van der Waals surface area contributed by atoms with Crippen molar-refractivity contribution in [1.82, 2.24) is 9.55 Å². The Balaban J connectivity index is 1.38. The minimum Gasteiger partial charge on any atom is -0.369 e. The van der Waals surface area contributed by atoms with Gasteiger partial charge in [0, 0.05) is 38.0 Å². The number of halogens is 4. The van der Waals surface area contributed by atoms with Gasteiger partial charge in [0.25, 0.3) is 0 Å². The summed E-state index contributed by atoms with van der Waals surface area (Å²) in [7, 11) is 0. The second kappa shape index (κ2) is 12.1. The van der Waals surface area contributed by atoms with E-state index >= 15 is 0 Å². The van der Waals surface area contributed by atoms with Crippen molar-refractivity contribution in [2.75, 3.05) is 6.61 Å². The molecule has 182 valence electrons. The zero-order valence-corrected chi connectivity index (χ0v) is 21.7. The molecule has 0 saturated carbocycles. The first-order valence-corrected chi connectivity index (χ1v) is 12.7. The van der Waals surface area contributed by atoms with Crippen LogP contribution in [0.5, 0.6) is 0 Å². The lowest BCUT2D eigenvalue weighted by Gasteiger charge is -2.33. The van der Waals surface area contributed by atoms with Crippen molar-refractivity contribution in [3.8, 4) is 0 Å². The topological polar surface area (TPSA) is 45.5 Å². The Morgan fingerprint density at radius 2 is 1.74 bits per heavy atom. The van der Waals surface area contributed by atoms with Gasteiger partial charge in [0.05, 0.1) is 31.7 Å². The zero-order chi connectivity index (χ0) is 24.1. The Kier molecular flexibility index (Phi) is 9.16. The lowest BCUT2D eigenvalue weighted by Crippen LogP contribution is -2.34. The number of ether oxygens (including phenoxy) is 3. The number of benzene rings is 2. The van der Waals surface area contributed by atoms with Crippen LogP contribution < -0.4 is 0 Å². The van der Waals surface area contributed by atoms with Gasteiger partial charge in [-0.25, -0.2) is 4.98 Å². The molecule has 0 N–H and O–H groups in total. The lowest BCUT2D eigenvalue weighted by atomic mass is 10.1. The van der Waals surface area contributed by atoms with Gasteiger partial charge < -0.3 is 18.8 Å². The van der Waals surface area contributed by atoms with Gasteiger partial charge in [-0.2, -0.15) is 0 Å². The highest BCUT2D eigenvalue weighted by Gasteiger charge is 2.27. The number of hydrogen-bond acceptors (Lipinski definition) is 4. The van der Waals surface area contributed by atoms with E-state index < -0.39 is 0 Å². The van der Waals surface area contributed by atoms with Crippen LogP contribution in [0.25, 0.3) is 0 Å². The van der Waals surface area contributed by atoms with Crippen LogP contribution >= 0.6 is 46.4 Å². The summed E-state index contributed by atoms with van der Waals surface area (Å²) in [5.74, 6) is 0. The van der Waals surface area contributed by atoms with Crippen LogP contribution in [0, 0.1) is 0 Å². The van der Waals surface area contributed by atoms with Crippen molar-refractivity contribution in [3.05, 3.63) is 86.3 Å². The van der Waals surface area contributed by atoms with Crippen molar-refractivity contribution < 1.29 is 14.2 Å². The summed E-state index contributed by atoms with van der Waals surface area (Å²) < 4.78 is 20.7. The lowest BCUT2D eigenvalue weighted by molar-refractivity contribution is -0.225. The first-order chi connectivity index (χ1) is 16.4. The fourth-order valence-electron chi connectivity index (χ4n) is 4.03. The molecule has 0 aliphatic carbocycles. The van der Waals surface area contributed by atoms with Gasteiger partial charge in [0.2, 0.25) is 0 Å². The van der Waals surface area contributed by atoms with Crippen LogP contribution in [-0.4, -0.2) is 28.6 Å². The average Bonchev–Trinajstić information content (AvgIpc) is 3.30. The molecule has 3 aromatic rings. The second-order valence-electron chi connectivity index (χ2n) is 8.31. The summed E-state index contributed by atoms with van der Waals surface area (Å²) in [5, 5.41) is 2.33. The summed E-state index contributed by atoms with van der Waals surface area (Å²) in [4.78, 5) is 4.12. The molecule has 2 aromatic carbocycles. The standard InChI is InChI=1S/C25H26Cl4N2O3/c1-16(20-7-5-17(26)11-22(20)28)33-25-4-2-3-19(34-25)14-32-24(13-31-10-9-30-15-31)21-8-6-18(27)12-23(21)29/h5-12,15-16,19,24-25H,2-4,13-14H2,1H3. The van der Waals surface area contributed by atoms with Crippen LogP contribution in [0.1, 0.15) is 49.5 Å². The highest BCUT2D eigenvalue weighted by atomic mass is 35.5. The Labute approximate surface area is 219 Å². The summed E-state index contributed by atoms with van der Waals surface area (Å²) >= 11 is 24.9. The Morgan fingerprint density at radius 1 is 1.03 bits per heavy atom. The predicted molar refractivity (Wildman–Crippen MR) is 136 cm³/mol. The van der Waals surface area contributed by atoms with E-state index in [0.717, 1.165) is 30.4 Å². The maximum atomic E-state index is 6.49. The van der Waals surface area contributed by atoms with Crippen molar-refractivity contribution in [2.24, 2.45) is 0 Å². The molecule has 34 heavy (non-hydrogen) atoms. The molecule has 0 amide bonds. The first kappa shape index (κ1) is 25.8. The highest BCUT2D eigenvalue weighted by molar-refractivity contribution is 6.35. The van der Waals surface area contributed by atoms with E-state index in [2.05, 4.69) is 4.98 Å². The number of rotatable bonds is 9. The molecule has 1 aromatic heterocycles. The van der Waals surface area contributed by atoms with Crippen molar-refractivity contribution in [2.45, 2.75) is 57.3 Å². The van der Waals surface area contributed by atoms with Gasteiger partial charge in [-0.1, -0.05) is 58.5 Å². The molecule has 1 aliphatic heterocycles. The smallest absolute Gasteiger partial charge is 0.158 e. The van der Waals surface area contributed by atoms with E-state index in [1.807, 2.05) is 42.0 Å². The number of hydrogen-bond donors (Lipinski definition) is 0. The third-order valence-corrected chi connectivity index (χ3v) is 6.92. The molecule has 1 fully saturated rings. The average molecular weight is 544 g/mol. The van der Waals surface area contributed by atoms with Gasteiger partial charge in [-0.05, 0) is 56.0 Å². The number of imidazole rings is 1. The molecule has 1 aliphatic rings. The van der Waals surface area contributed by atoms with Crippen LogP contribution in [0.2, 0.25) is 20.1 Å². The largest absolute Gasteiger partial charge is 0.369 e. The Bertz CT molecular complexity index is 1080. The normalized spacial score (nSPS) is 20.3. The molecular weight excluding hydrogens is 518 g/mol. The fourth-order valence-corrected chi connectivity index (χ4v) is 5.12.